The van der Waals surface area contributed by atoms with Gasteiger partial charge >= 0.3 is 11.9 Å². The number of para-hydroxylation sites is 1. The van der Waals surface area contributed by atoms with Gasteiger partial charge in [0.1, 0.15) is 13.7 Å². The van der Waals surface area contributed by atoms with Gasteiger partial charge in [-0.1, -0.05) is 54.6 Å². The first kappa shape index (κ1) is 23.2. The molecule has 1 fully saturated rings. The van der Waals surface area contributed by atoms with Crippen molar-refractivity contribution in [2.75, 3.05) is 6.61 Å². The Hall–Kier alpha value is -4.59. The van der Waals surface area contributed by atoms with Crippen molar-refractivity contribution in [3.8, 4) is 11.1 Å². The Bertz CT molecular complexity index is 1510. The van der Waals surface area contributed by atoms with Gasteiger partial charge in [0.15, 0.2) is 0 Å². The van der Waals surface area contributed by atoms with Crippen LogP contribution in [0.3, 0.4) is 0 Å². The van der Waals surface area contributed by atoms with Crippen LogP contribution in [-0.2, 0) is 31.0 Å². The molecule has 2 heterocycles. The topological polar surface area (TPSA) is 93.9 Å². The highest BCUT2D eigenvalue weighted by Gasteiger charge is 2.33. The van der Waals surface area contributed by atoms with Gasteiger partial charge in [-0.05, 0) is 17.2 Å². The molecular formula is C28H23N2O6+. The number of pyridine rings is 1. The first-order valence-corrected chi connectivity index (χ1v) is 11.6. The summed E-state index contributed by atoms with van der Waals surface area (Å²) < 4.78 is 7.56. The van der Waals surface area contributed by atoms with E-state index in [9.17, 15) is 19.2 Å². The normalized spacial score (nSPS) is 13.4. The number of esters is 1. The minimum absolute atomic E-state index is 0.0103. The summed E-state index contributed by atoms with van der Waals surface area (Å²) >= 11 is 0. The molecule has 2 amide bonds. The standard InChI is InChI=1S/C28H23N2O6/c1-29-21-12-6-5-10-20(21)27(26-19(11-7-13-22(26)29)18-8-3-2-4-9-18)28(34)35-17-16-25(33)36-30-23(31)14-15-24(30)32/h2-13H,14-17H2,1H3/q+1. The van der Waals surface area contributed by atoms with Crippen molar-refractivity contribution in [2.24, 2.45) is 7.05 Å². The number of nitrogens with zero attached hydrogens (tertiary/aromatic N) is 2. The smallest absolute Gasteiger partial charge is 0.339 e. The first-order chi connectivity index (χ1) is 17.5. The summed E-state index contributed by atoms with van der Waals surface area (Å²) in [7, 11) is 1.95. The first-order valence-electron chi connectivity index (χ1n) is 11.6. The van der Waals surface area contributed by atoms with E-state index in [1.54, 1.807) is 0 Å². The van der Waals surface area contributed by atoms with Crippen LogP contribution in [0.4, 0.5) is 0 Å². The SMILES string of the molecule is C[n+]1c2ccccc2c(C(=O)OCCC(=O)ON2C(=O)CCC2=O)c2c(-c3ccccc3)cccc21. The highest BCUT2D eigenvalue weighted by atomic mass is 16.7. The molecule has 0 bridgehead atoms. The molecule has 0 unspecified atom stereocenters. The summed E-state index contributed by atoms with van der Waals surface area (Å²) in [6.45, 7) is -0.266. The monoisotopic (exact) mass is 483 g/mol. The van der Waals surface area contributed by atoms with Crippen molar-refractivity contribution in [3.05, 3.63) is 78.4 Å². The number of amides is 2. The molecular weight excluding hydrogens is 460 g/mol. The maximum absolute atomic E-state index is 13.5. The third-order valence-electron chi connectivity index (χ3n) is 6.22. The minimum atomic E-state index is -0.828. The molecule has 180 valence electrons. The van der Waals surface area contributed by atoms with Crippen molar-refractivity contribution in [1.82, 2.24) is 5.06 Å². The Morgan fingerprint density at radius 2 is 1.53 bits per heavy atom. The summed E-state index contributed by atoms with van der Waals surface area (Å²) in [4.78, 5) is 53.8. The molecule has 0 saturated carbocycles. The zero-order chi connectivity index (χ0) is 25.2. The Labute approximate surface area is 206 Å². The lowest BCUT2D eigenvalue weighted by Crippen LogP contribution is -2.32. The van der Waals surface area contributed by atoms with Crippen LogP contribution in [-0.4, -0.2) is 35.4 Å². The lowest BCUT2D eigenvalue weighted by Gasteiger charge is -2.14. The van der Waals surface area contributed by atoms with Crippen molar-refractivity contribution in [2.45, 2.75) is 19.3 Å². The van der Waals surface area contributed by atoms with Gasteiger partial charge in [0.05, 0.1) is 22.8 Å². The van der Waals surface area contributed by atoms with Crippen LogP contribution in [0.5, 0.6) is 0 Å². The summed E-state index contributed by atoms with van der Waals surface area (Å²) in [6, 6.07) is 23.2. The predicted molar refractivity (Wildman–Crippen MR) is 130 cm³/mol. The fourth-order valence-electron chi connectivity index (χ4n) is 4.50. The number of rotatable bonds is 6. The number of benzene rings is 3. The predicted octanol–water partition coefficient (Wildman–Crippen LogP) is 3.64. The molecule has 0 atom stereocenters. The number of hydrogen-bond acceptors (Lipinski definition) is 6. The highest BCUT2D eigenvalue weighted by Crippen LogP contribution is 2.33. The van der Waals surface area contributed by atoms with Crippen LogP contribution in [0.1, 0.15) is 29.6 Å². The van der Waals surface area contributed by atoms with Crippen molar-refractivity contribution < 1.29 is 33.3 Å². The van der Waals surface area contributed by atoms with Gasteiger partial charge in [0.25, 0.3) is 11.8 Å². The number of aromatic nitrogens is 1. The molecule has 0 radical (unpaired) electrons. The molecule has 1 aromatic heterocycles. The molecule has 8 heteroatoms. The molecule has 1 aliphatic rings. The van der Waals surface area contributed by atoms with Crippen LogP contribution in [0.25, 0.3) is 32.9 Å². The number of imide groups is 1. The molecule has 3 aromatic carbocycles. The molecule has 5 rings (SSSR count). The quantitative estimate of drug-likeness (QED) is 0.180. The summed E-state index contributed by atoms with van der Waals surface area (Å²) in [5.74, 6) is -2.53. The van der Waals surface area contributed by atoms with Crippen LogP contribution in [0.2, 0.25) is 0 Å². The largest absolute Gasteiger partial charge is 0.461 e. The lowest BCUT2D eigenvalue weighted by molar-refractivity contribution is -0.617. The van der Waals surface area contributed by atoms with Gasteiger partial charge in [-0.3, -0.25) is 9.59 Å². The Morgan fingerprint density at radius 1 is 0.861 bits per heavy atom. The van der Waals surface area contributed by atoms with E-state index in [0.29, 0.717) is 10.6 Å². The maximum Gasteiger partial charge on any atom is 0.339 e. The number of aryl methyl sites for hydroxylation is 1. The molecule has 4 aromatic rings. The van der Waals surface area contributed by atoms with E-state index < -0.39 is 23.8 Å². The van der Waals surface area contributed by atoms with E-state index in [2.05, 4.69) is 0 Å². The second kappa shape index (κ2) is 9.58. The van der Waals surface area contributed by atoms with Gasteiger partial charge in [0.2, 0.25) is 11.0 Å². The average Bonchev–Trinajstić information content (AvgIpc) is 3.21. The number of carbonyl (C=O) groups is 4. The second-order valence-corrected chi connectivity index (χ2v) is 8.45. The van der Waals surface area contributed by atoms with Gasteiger partial charge in [-0.15, -0.1) is 5.06 Å². The lowest BCUT2D eigenvalue weighted by atomic mass is 9.94. The minimum Gasteiger partial charge on any atom is -0.461 e. The number of ether oxygens (including phenoxy) is 1. The van der Waals surface area contributed by atoms with Crippen molar-refractivity contribution in [3.63, 3.8) is 0 Å². The molecule has 1 aliphatic heterocycles. The van der Waals surface area contributed by atoms with Gasteiger partial charge < -0.3 is 9.57 Å². The molecule has 0 spiro atoms. The van der Waals surface area contributed by atoms with E-state index in [-0.39, 0.29) is 25.9 Å². The number of hydroxylamine groups is 2. The Balaban J connectivity index is 1.49. The summed E-state index contributed by atoms with van der Waals surface area (Å²) in [6.07, 6.45) is -0.280. The Morgan fingerprint density at radius 3 is 2.28 bits per heavy atom. The average molecular weight is 484 g/mol. The molecule has 36 heavy (non-hydrogen) atoms. The van der Waals surface area contributed by atoms with Crippen molar-refractivity contribution >= 4 is 45.6 Å². The zero-order valence-corrected chi connectivity index (χ0v) is 19.6. The fraction of sp³-hybridized carbons (Fsp3) is 0.179. The van der Waals surface area contributed by atoms with Crippen LogP contribution < -0.4 is 4.57 Å². The fourth-order valence-corrected chi connectivity index (χ4v) is 4.50. The summed E-state index contributed by atoms with van der Waals surface area (Å²) in [5, 5.41) is 1.94. The van der Waals surface area contributed by atoms with Crippen LogP contribution >= 0.6 is 0 Å². The molecule has 0 N–H and O–H groups in total. The van der Waals surface area contributed by atoms with Crippen LogP contribution in [0, 0.1) is 0 Å². The van der Waals surface area contributed by atoms with Crippen LogP contribution in [0.15, 0.2) is 72.8 Å². The Kier molecular flexibility index (Phi) is 6.16. The maximum atomic E-state index is 13.5. The van der Waals surface area contributed by atoms with E-state index in [4.69, 9.17) is 9.57 Å². The molecule has 1 saturated heterocycles. The third kappa shape index (κ3) is 4.17. The van der Waals surface area contributed by atoms with E-state index in [1.165, 1.54) is 0 Å². The van der Waals surface area contributed by atoms with Gasteiger partial charge in [-0.25, -0.2) is 9.59 Å². The molecule has 0 aliphatic carbocycles. The van der Waals surface area contributed by atoms with E-state index >= 15 is 0 Å². The summed E-state index contributed by atoms with van der Waals surface area (Å²) in [5.41, 5.74) is 3.94. The number of carbonyl (C=O) groups excluding carboxylic acids is 4. The van der Waals surface area contributed by atoms with E-state index in [1.807, 2.05) is 84.4 Å². The molecule has 8 nitrogen and oxygen atoms in total. The van der Waals surface area contributed by atoms with Gasteiger partial charge in [0, 0.05) is 25.0 Å². The number of fused-ring (bicyclic) bond motifs is 2. The van der Waals surface area contributed by atoms with E-state index in [0.717, 1.165) is 32.9 Å². The highest BCUT2D eigenvalue weighted by molar-refractivity contribution is 6.16. The number of hydrogen-bond donors (Lipinski definition) is 0. The third-order valence-corrected chi connectivity index (χ3v) is 6.22. The zero-order valence-electron chi connectivity index (χ0n) is 19.6. The van der Waals surface area contributed by atoms with Gasteiger partial charge in [-0.2, -0.15) is 4.57 Å². The second-order valence-electron chi connectivity index (χ2n) is 8.45. The van der Waals surface area contributed by atoms with Crippen molar-refractivity contribution in [1.29, 1.82) is 0 Å².